The molecule has 0 aliphatic heterocycles. The molecule has 0 saturated heterocycles. The van der Waals surface area contributed by atoms with Gasteiger partial charge < -0.3 is 21.6 Å². The van der Waals surface area contributed by atoms with Gasteiger partial charge in [-0.3, -0.25) is 0 Å². The van der Waals surface area contributed by atoms with E-state index in [0.29, 0.717) is 0 Å². The Balaban J connectivity index is -0.0000000278. The minimum absolute atomic E-state index is 0. The van der Waals surface area contributed by atoms with Gasteiger partial charge in [0.25, 0.3) is 0 Å². The van der Waals surface area contributed by atoms with Crippen LogP contribution in [0.5, 0.6) is 0 Å². The first-order valence-corrected chi connectivity index (χ1v) is 3.69. The summed E-state index contributed by atoms with van der Waals surface area (Å²) in [5.41, 5.74) is 8.50. The summed E-state index contributed by atoms with van der Waals surface area (Å²) in [5.74, 6) is 0. The van der Waals surface area contributed by atoms with Crippen molar-refractivity contribution in [3.8, 4) is 0 Å². The quantitative estimate of drug-likeness (QED) is 0.250. The van der Waals surface area contributed by atoms with Gasteiger partial charge in [0.15, 0.2) is 0 Å². The Morgan fingerprint density at radius 1 is 1.21 bits per heavy atom. The standard InChI is InChI=1S/CH4N2O.K.Mn.HNO2.Na.4O/c2-1(3)4;;;2-1-3;;;;;/h(H4,2,3,4);;;(H,2,3);;;;;/q;+1;;;+1;;;;-1/p-1. The van der Waals surface area contributed by atoms with Crippen LogP contribution in [0.1, 0.15) is 0 Å². The molecule has 0 aliphatic rings. The number of urea groups is 1. The van der Waals surface area contributed by atoms with Crippen LogP contribution < -0.4 is 96.6 Å². The molecule has 0 aliphatic carbocycles. The number of hydrogen-bond acceptors (Lipinski definition) is 8. The first kappa shape index (κ1) is 29.5. The average Bonchev–Trinajstić information content (AvgIpc) is 1.56. The fraction of sp³-hybridized carbons (Fsp3) is 0. The first-order chi connectivity index (χ1) is 5.15. The number of carbonyl (C=O) groups excluding carboxylic acids is 1. The van der Waals surface area contributed by atoms with Crippen LogP contribution in [0.4, 0.5) is 4.79 Å². The Labute approximate surface area is 145 Å². The Morgan fingerprint density at radius 3 is 1.21 bits per heavy atom. The molecule has 0 aromatic carbocycles. The van der Waals surface area contributed by atoms with Crippen LogP contribution in [-0.4, -0.2) is 6.03 Å². The molecule has 4 N–H and O–H groups in total. The third-order valence-corrected chi connectivity index (χ3v) is 0. The van der Waals surface area contributed by atoms with E-state index in [2.05, 4.69) is 11.5 Å². The number of hydrogen-bond donors (Lipinski definition) is 2. The number of carbonyl (C=O) groups is 1. The summed E-state index contributed by atoms with van der Waals surface area (Å²) in [6.45, 7) is 0. The predicted octanol–water partition coefficient (Wildman–Crippen LogP) is -8.27. The van der Waals surface area contributed by atoms with Crippen LogP contribution in [0.3, 0.4) is 0 Å². The molecule has 0 rings (SSSR count). The fourth-order valence-corrected chi connectivity index (χ4v) is 0. The fourth-order valence-electron chi connectivity index (χ4n) is 0. The van der Waals surface area contributed by atoms with Crippen LogP contribution in [-0.2, 0) is 24.5 Å². The van der Waals surface area contributed by atoms with Crippen molar-refractivity contribution in [2.75, 3.05) is 0 Å². The number of primary amides is 2. The van der Waals surface area contributed by atoms with Gasteiger partial charge >= 0.3 is 116 Å². The zero-order chi connectivity index (χ0) is 10.8. The van der Waals surface area contributed by atoms with Gasteiger partial charge in [0.2, 0.25) is 0 Å². The van der Waals surface area contributed by atoms with Gasteiger partial charge in [-0.1, -0.05) is 0 Å². The number of amides is 2. The van der Waals surface area contributed by atoms with E-state index in [9.17, 15) is 0 Å². The molecule has 0 bridgehead atoms. The third-order valence-electron chi connectivity index (χ3n) is 0. The van der Waals surface area contributed by atoms with Crippen molar-refractivity contribution in [3.05, 3.63) is 10.1 Å². The third kappa shape index (κ3) is 1390. The molecule has 0 saturated carbocycles. The van der Waals surface area contributed by atoms with Crippen molar-refractivity contribution < 1.29 is 114 Å². The SMILES string of the molecule is NC(N)=O.O=N[O-].[K+].[Na+].[O]=[Mn](=[O])(=[O])[O-]. The molecule has 74 valence electrons. The van der Waals surface area contributed by atoms with Crippen molar-refractivity contribution in [2.45, 2.75) is 0 Å². The molecule has 2 amide bonds. The molecule has 0 radical (unpaired) electrons. The van der Waals surface area contributed by atoms with Crippen LogP contribution in [0.15, 0.2) is 5.34 Å². The second-order valence-corrected chi connectivity index (χ2v) is 2.04. The van der Waals surface area contributed by atoms with Gasteiger partial charge in [-0.2, -0.15) is 0 Å². The van der Waals surface area contributed by atoms with E-state index in [4.69, 9.17) is 30.6 Å². The van der Waals surface area contributed by atoms with Crippen LogP contribution in [0.25, 0.3) is 0 Å². The van der Waals surface area contributed by atoms with Gasteiger partial charge in [-0.05, 0) is 0 Å². The van der Waals surface area contributed by atoms with Crippen molar-refractivity contribution >= 4 is 6.03 Å². The van der Waals surface area contributed by atoms with Gasteiger partial charge in [-0.25, -0.2) is 4.79 Å². The average molecular weight is 287 g/mol. The van der Waals surface area contributed by atoms with Crippen molar-refractivity contribution in [2.24, 2.45) is 16.8 Å². The summed E-state index contributed by atoms with van der Waals surface area (Å²) < 4.78 is 34.3. The van der Waals surface area contributed by atoms with Crippen LogP contribution in [0.2, 0.25) is 0 Å². The molecule has 0 unspecified atom stereocenters. The predicted molar refractivity (Wildman–Crippen MR) is 25.0 cm³/mol. The molecule has 0 aromatic rings. The maximum absolute atomic E-state index is 9.00. The van der Waals surface area contributed by atoms with E-state index in [1.807, 2.05) is 0 Å². The zero-order valence-corrected chi connectivity index (χ0v) is 13.6. The Morgan fingerprint density at radius 2 is 1.21 bits per heavy atom. The molecule has 0 aromatic heterocycles. The van der Waals surface area contributed by atoms with Crippen molar-refractivity contribution in [3.63, 3.8) is 0 Å². The first-order valence-electron chi connectivity index (χ1n) is 1.76. The van der Waals surface area contributed by atoms with E-state index in [1.165, 1.54) is 0 Å². The second-order valence-electron chi connectivity index (χ2n) is 0.855. The van der Waals surface area contributed by atoms with E-state index in [0.717, 1.165) is 5.34 Å². The normalized spacial score (nSPS) is 6.64. The van der Waals surface area contributed by atoms with Gasteiger partial charge in [-0.15, -0.1) is 5.34 Å². The van der Waals surface area contributed by atoms with E-state index < -0.39 is 19.0 Å². The Hall–Kier alpha value is 1.19. The van der Waals surface area contributed by atoms with E-state index in [-0.39, 0.29) is 80.9 Å². The zero-order valence-electron chi connectivity index (χ0n) is 7.34. The molecular weight excluding hydrogens is 283 g/mol. The minimum atomic E-state index is -5.62. The summed E-state index contributed by atoms with van der Waals surface area (Å²) in [5, 5.41) is 9.00. The van der Waals surface area contributed by atoms with Gasteiger partial charge in [0.05, 0.1) is 0 Å². The topological polar surface area (TPSA) is 196 Å². The number of rotatable bonds is 0. The van der Waals surface area contributed by atoms with Crippen LogP contribution >= 0.6 is 0 Å². The van der Waals surface area contributed by atoms with Crippen molar-refractivity contribution in [1.82, 2.24) is 0 Å². The summed E-state index contributed by atoms with van der Waals surface area (Å²) in [6.07, 6.45) is 0. The summed E-state index contributed by atoms with van der Waals surface area (Å²) in [7, 11) is 0. The Kier molecular flexibility index (Phi) is 41.5. The molecule has 0 heterocycles. The van der Waals surface area contributed by atoms with E-state index in [1.54, 1.807) is 0 Å². The number of nitrogens with zero attached hydrogens (tertiary/aromatic N) is 1. The maximum atomic E-state index is 9.00. The molecular formula is CH4KMnN3NaO7. The van der Waals surface area contributed by atoms with Gasteiger partial charge in [0, 0.05) is 0 Å². The van der Waals surface area contributed by atoms with Crippen molar-refractivity contribution in [1.29, 1.82) is 0 Å². The van der Waals surface area contributed by atoms with E-state index >= 15 is 0 Å². The number of nitrogens with two attached hydrogens (primary N) is 2. The summed E-state index contributed by atoms with van der Waals surface area (Å²) in [6, 6.07) is -0.833. The molecule has 13 heteroatoms. The Bertz CT molecular complexity index is 250. The van der Waals surface area contributed by atoms with Gasteiger partial charge in [0.1, 0.15) is 0 Å². The van der Waals surface area contributed by atoms with Crippen LogP contribution in [0, 0.1) is 10.1 Å². The summed E-state index contributed by atoms with van der Waals surface area (Å²) in [4.78, 5) is 17.0. The molecule has 0 atom stereocenters. The molecule has 10 nitrogen and oxygen atoms in total. The molecule has 14 heavy (non-hydrogen) atoms. The molecule has 0 fully saturated rings. The monoisotopic (exact) mass is 287 g/mol. The molecule has 0 spiro atoms. The second kappa shape index (κ2) is 19.7. The summed E-state index contributed by atoms with van der Waals surface area (Å²) >= 11 is -5.62.